The summed E-state index contributed by atoms with van der Waals surface area (Å²) in [6.07, 6.45) is 0.591. The van der Waals surface area contributed by atoms with Gasteiger partial charge in [-0.1, -0.05) is 84.0 Å². The number of aromatic carboxylic acids is 1. The zero-order valence-electron chi connectivity index (χ0n) is 18.7. The van der Waals surface area contributed by atoms with Crippen molar-refractivity contribution in [2.75, 3.05) is 0 Å². The van der Waals surface area contributed by atoms with Gasteiger partial charge in [-0.25, -0.2) is 14.5 Å². The summed E-state index contributed by atoms with van der Waals surface area (Å²) in [6.45, 7) is 13.5. The fraction of sp³-hybridized carbons (Fsp3) is 0.400. The molecule has 0 aliphatic rings. The normalized spacial score (nSPS) is 12.2. The highest BCUT2D eigenvalue weighted by molar-refractivity contribution is 5.89. The van der Waals surface area contributed by atoms with E-state index in [9.17, 15) is 9.90 Å². The standard InChI is InChI=1S/C25H31N3O2/c1-24(2,3)22-26-23(25(4,5)6)28(27-22)16-18-13-11-17(12-14-18)15-19-9-7-8-10-20(19)21(29)30/h7-14H,15-16H2,1-6H3,(H,29,30). The van der Waals surface area contributed by atoms with Gasteiger partial charge in [0, 0.05) is 10.8 Å². The van der Waals surface area contributed by atoms with Crippen LogP contribution in [-0.2, 0) is 23.8 Å². The molecule has 30 heavy (non-hydrogen) atoms. The van der Waals surface area contributed by atoms with Crippen molar-refractivity contribution in [3.8, 4) is 0 Å². The summed E-state index contributed by atoms with van der Waals surface area (Å²) >= 11 is 0. The molecule has 0 spiro atoms. The number of nitrogens with zero attached hydrogens (tertiary/aromatic N) is 3. The largest absolute Gasteiger partial charge is 0.478 e. The van der Waals surface area contributed by atoms with Crippen LogP contribution in [0.4, 0.5) is 0 Å². The van der Waals surface area contributed by atoms with Gasteiger partial charge in [-0.3, -0.25) is 0 Å². The van der Waals surface area contributed by atoms with Crippen LogP contribution in [0.3, 0.4) is 0 Å². The van der Waals surface area contributed by atoms with Crippen LogP contribution in [0.1, 0.15) is 80.2 Å². The molecule has 5 nitrogen and oxygen atoms in total. The van der Waals surface area contributed by atoms with Crippen LogP contribution >= 0.6 is 0 Å². The molecule has 0 bridgehead atoms. The lowest BCUT2D eigenvalue weighted by molar-refractivity contribution is 0.0696. The number of carboxylic acids is 1. The fourth-order valence-corrected chi connectivity index (χ4v) is 3.36. The summed E-state index contributed by atoms with van der Waals surface area (Å²) in [6, 6.07) is 15.5. The van der Waals surface area contributed by atoms with E-state index in [1.165, 1.54) is 0 Å². The van der Waals surface area contributed by atoms with Gasteiger partial charge < -0.3 is 5.11 Å². The van der Waals surface area contributed by atoms with E-state index in [-0.39, 0.29) is 10.8 Å². The number of rotatable bonds is 5. The van der Waals surface area contributed by atoms with Gasteiger partial charge in [-0.2, -0.15) is 5.10 Å². The highest BCUT2D eigenvalue weighted by Gasteiger charge is 2.27. The Morgan fingerprint density at radius 3 is 2.07 bits per heavy atom. The number of aromatic nitrogens is 3. The third-order valence-corrected chi connectivity index (χ3v) is 5.01. The fourth-order valence-electron chi connectivity index (χ4n) is 3.36. The number of carboxylic acid groups (broad SMARTS) is 1. The van der Waals surface area contributed by atoms with Crippen LogP contribution in [0.25, 0.3) is 0 Å². The Kier molecular flexibility index (Phi) is 5.84. The lowest BCUT2D eigenvalue weighted by Gasteiger charge is -2.18. The molecule has 0 amide bonds. The van der Waals surface area contributed by atoms with Crippen molar-refractivity contribution < 1.29 is 9.90 Å². The van der Waals surface area contributed by atoms with E-state index in [0.29, 0.717) is 18.5 Å². The van der Waals surface area contributed by atoms with Crippen LogP contribution in [0.15, 0.2) is 48.5 Å². The molecule has 1 aromatic heterocycles. The maximum absolute atomic E-state index is 11.4. The van der Waals surface area contributed by atoms with Gasteiger partial charge >= 0.3 is 5.97 Å². The second-order valence-electron chi connectivity index (χ2n) is 9.87. The SMILES string of the molecule is CC(C)(C)c1nc(C(C)(C)C)n(Cc2ccc(Cc3ccccc3C(=O)O)cc2)n1. The van der Waals surface area contributed by atoms with E-state index >= 15 is 0 Å². The first-order valence-corrected chi connectivity index (χ1v) is 10.3. The highest BCUT2D eigenvalue weighted by atomic mass is 16.4. The maximum Gasteiger partial charge on any atom is 0.335 e. The summed E-state index contributed by atoms with van der Waals surface area (Å²) in [5, 5.41) is 14.2. The van der Waals surface area contributed by atoms with Gasteiger partial charge in [0.05, 0.1) is 12.1 Å². The molecule has 3 aromatic rings. The average molecular weight is 406 g/mol. The molecule has 0 atom stereocenters. The minimum Gasteiger partial charge on any atom is -0.478 e. The lowest BCUT2D eigenvalue weighted by atomic mass is 9.94. The first kappa shape index (κ1) is 21.8. The number of carbonyl (C=O) groups is 1. The number of hydrogen-bond donors (Lipinski definition) is 1. The van der Waals surface area contributed by atoms with E-state index in [1.807, 2.05) is 16.8 Å². The van der Waals surface area contributed by atoms with Crippen LogP contribution < -0.4 is 0 Å². The topological polar surface area (TPSA) is 68.0 Å². The molecule has 0 saturated heterocycles. The molecule has 1 heterocycles. The van der Waals surface area contributed by atoms with E-state index in [1.54, 1.807) is 12.1 Å². The van der Waals surface area contributed by atoms with Gasteiger partial charge in [0.15, 0.2) is 5.82 Å². The van der Waals surface area contributed by atoms with Crippen molar-refractivity contribution in [2.45, 2.75) is 65.3 Å². The van der Waals surface area contributed by atoms with Crippen molar-refractivity contribution in [1.82, 2.24) is 14.8 Å². The Morgan fingerprint density at radius 1 is 0.900 bits per heavy atom. The van der Waals surface area contributed by atoms with Crippen molar-refractivity contribution in [3.05, 3.63) is 82.4 Å². The van der Waals surface area contributed by atoms with E-state index in [4.69, 9.17) is 10.1 Å². The van der Waals surface area contributed by atoms with Crippen LogP contribution in [0, 0.1) is 0 Å². The summed E-state index contributed by atoms with van der Waals surface area (Å²) in [5.41, 5.74) is 3.19. The molecule has 0 saturated carbocycles. The number of hydrogen-bond acceptors (Lipinski definition) is 3. The van der Waals surface area contributed by atoms with Gasteiger partial charge in [0.1, 0.15) is 5.82 Å². The first-order valence-electron chi connectivity index (χ1n) is 10.3. The quantitative estimate of drug-likeness (QED) is 0.633. The van der Waals surface area contributed by atoms with Crippen molar-refractivity contribution in [2.24, 2.45) is 0 Å². The van der Waals surface area contributed by atoms with Gasteiger partial charge in [-0.05, 0) is 29.2 Å². The van der Waals surface area contributed by atoms with Crippen LogP contribution in [-0.4, -0.2) is 25.8 Å². The summed E-state index contributed by atoms with van der Waals surface area (Å²) in [5.74, 6) is 0.943. The molecule has 1 N–H and O–H groups in total. The van der Waals surface area contributed by atoms with E-state index in [2.05, 4.69) is 65.8 Å². The van der Waals surface area contributed by atoms with Gasteiger partial charge in [0.25, 0.3) is 0 Å². The zero-order chi connectivity index (χ0) is 22.1. The molecular weight excluding hydrogens is 374 g/mol. The van der Waals surface area contributed by atoms with Crippen LogP contribution in [0.5, 0.6) is 0 Å². The van der Waals surface area contributed by atoms with Crippen molar-refractivity contribution in [3.63, 3.8) is 0 Å². The van der Waals surface area contributed by atoms with Gasteiger partial charge in [-0.15, -0.1) is 0 Å². The molecule has 2 aromatic carbocycles. The average Bonchev–Trinajstić information content (AvgIpc) is 3.08. The Balaban J connectivity index is 1.83. The van der Waals surface area contributed by atoms with Crippen molar-refractivity contribution >= 4 is 5.97 Å². The Morgan fingerprint density at radius 2 is 1.50 bits per heavy atom. The molecule has 3 rings (SSSR count). The smallest absolute Gasteiger partial charge is 0.335 e. The first-order chi connectivity index (χ1) is 13.9. The third kappa shape index (κ3) is 4.96. The highest BCUT2D eigenvalue weighted by Crippen LogP contribution is 2.26. The molecule has 158 valence electrons. The van der Waals surface area contributed by atoms with E-state index < -0.39 is 5.97 Å². The molecule has 0 unspecified atom stereocenters. The second kappa shape index (κ2) is 8.05. The van der Waals surface area contributed by atoms with Gasteiger partial charge in [0.2, 0.25) is 0 Å². The molecule has 0 radical (unpaired) electrons. The molecule has 0 aliphatic heterocycles. The minimum atomic E-state index is -0.891. The van der Waals surface area contributed by atoms with Crippen LogP contribution in [0.2, 0.25) is 0 Å². The Labute approximate surface area is 178 Å². The Bertz CT molecular complexity index is 1040. The summed E-state index contributed by atoms with van der Waals surface area (Å²) in [4.78, 5) is 16.3. The predicted molar refractivity (Wildman–Crippen MR) is 119 cm³/mol. The summed E-state index contributed by atoms with van der Waals surface area (Å²) in [7, 11) is 0. The molecule has 0 aliphatic carbocycles. The van der Waals surface area contributed by atoms with Crippen molar-refractivity contribution in [1.29, 1.82) is 0 Å². The molecule has 0 fully saturated rings. The van der Waals surface area contributed by atoms with E-state index in [0.717, 1.165) is 28.3 Å². The minimum absolute atomic E-state index is 0.100. The molecular formula is C25H31N3O2. The molecule has 5 heteroatoms. The second-order valence-corrected chi connectivity index (χ2v) is 9.87. The lowest BCUT2D eigenvalue weighted by Crippen LogP contribution is -2.20. The maximum atomic E-state index is 11.4. The number of benzene rings is 2. The predicted octanol–water partition coefficient (Wildman–Crippen LogP) is 5.21. The third-order valence-electron chi connectivity index (χ3n) is 5.01. The Hall–Kier alpha value is -2.95. The monoisotopic (exact) mass is 405 g/mol. The zero-order valence-corrected chi connectivity index (χ0v) is 18.7. The summed E-state index contributed by atoms with van der Waals surface area (Å²) < 4.78 is 2.01.